The van der Waals surface area contributed by atoms with Crippen LogP contribution in [-0.2, 0) is 0 Å². The van der Waals surface area contributed by atoms with Crippen molar-refractivity contribution in [1.29, 1.82) is 0 Å². The second-order valence-corrected chi connectivity index (χ2v) is 5.49. The van der Waals surface area contributed by atoms with Gasteiger partial charge in [-0.05, 0) is 30.3 Å². The van der Waals surface area contributed by atoms with E-state index in [0.29, 0.717) is 22.3 Å². The maximum absolute atomic E-state index is 6.10. The van der Waals surface area contributed by atoms with Gasteiger partial charge < -0.3 is 19.5 Å². The Labute approximate surface area is 145 Å². The van der Waals surface area contributed by atoms with Crippen LogP contribution in [0.3, 0.4) is 0 Å². The number of pyridine rings is 1. The zero-order valence-electron chi connectivity index (χ0n) is 13.6. The Morgan fingerprint density at radius 2 is 1.54 bits per heavy atom. The van der Waals surface area contributed by atoms with Crippen molar-refractivity contribution in [2.45, 2.75) is 0 Å². The molecule has 0 aliphatic heterocycles. The topological polar surface area (TPSA) is 52.6 Å². The van der Waals surface area contributed by atoms with Crippen molar-refractivity contribution < 1.29 is 14.2 Å². The molecule has 3 aromatic rings. The van der Waals surface area contributed by atoms with Crippen LogP contribution in [0.1, 0.15) is 0 Å². The minimum Gasteiger partial charge on any atom is -0.495 e. The molecule has 3 rings (SSSR count). The molecule has 0 aliphatic carbocycles. The first-order chi connectivity index (χ1) is 11.7. The molecule has 2 aromatic carbocycles. The Morgan fingerprint density at radius 3 is 2.25 bits per heavy atom. The fraction of sp³-hybridized carbons (Fsp3) is 0.167. The van der Waals surface area contributed by atoms with Crippen LogP contribution in [0.15, 0.2) is 42.6 Å². The summed E-state index contributed by atoms with van der Waals surface area (Å²) in [5.41, 5.74) is 2.42. The van der Waals surface area contributed by atoms with E-state index < -0.39 is 0 Å². The van der Waals surface area contributed by atoms with Gasteiger partial charge in [0.05, 0.1) is 32.5 Å². The quantitative estimate of drug-likeness (QED) is 0.729. The molecule has 0 bridgehead atoms. The highest BCUT2D eigenvalue weighted by Crippen LogP contribution is 2.37. The molecule has 6 heteroatoms. The van der Waals surface area contributed by atoms with Crippen molar-refractivity contribution >= 4 is 33.9 Å². The zero-order valence-corrected chi connectivity index (χ0v) is 14.3. The average Bonchev–Trinajstić information content (AvgIpc) is 2.61. The lowest BCUT2D eigenvalue weighted by atomic mass is 10.1. The lowest BCUT2D eigenvalue weighted by molar-refractivity contribution is 0.356. The summed E-state index contributed by atoms with van der Waals surface area (Å²) in [6.07, 6.45) is 1.73. The minimum atomic E-state index is 0.621. The number of benzene rings is 2. The molecule has 0 aliphatic rings. The first kappa shape index (κ1) is 16.2. The first-order valence-electron chi connectivity index (χ1n) is 7.27. The molecule has 0 amide bonds. The fourth-order valence-electron chi connectivity index (χ4n) is 2.50. The van der Waals surface area contributed by atoms with Crippen molar-refractivity contribution in [2.75, 3.05) is 26.6 Å². The summed E-state index contributed by atoms with van der Waals surface area (Å²) in [6.45, 7) is 0. The summed E-state index contributed by atoms with van der Waals surface area (Å²) in [5.74, 6) is 1.97. The van der Waals surface area contributed by atoms with Gasteiger partial charge in [0.1, 0.15) is 5.75 Å². The predicted molar refractivity (Wildman–Crippen MR) is 96.1 cm³/mol. The number of methoxy groups -OCH3 is 3. The van der Waals surface area contributed by atoms with Crippen LogP contribution in [0.2, 0.25) is 5.02 Å². The third-order valence-corrected chi connectivity index (χ3v) is 3.91. The smallest absolute Gasteiger partial charge is 0.162 e. The Kier molecular flexibility index (Phi) is 4.62. The van der Waals surface area contributed by atoms with E-state index in [0.717, 1.165) is 22.3 Å². The first-order valence-corrected chi connectivity index (χ1v) is 7.65. The standard InChI is InChI=1S/C18H17ClN2O3/c1-22-16-5-4-11(19)8-15(16)21-13-6-7-20-14-10-18(24-3)17(23-2)9-12(13)14/h4-10H,1-3H3,(H,20,21). The summed E-state index contributed by atoms with van der Waals surface area (Å²) in [6, 6.07) is 11.0. The van der Waals surface area contributed by atoms with Crippen LogP contribution in [0.5, 0.6) is 17.2 Å². The molecule has 0 unspecified atom stereocenters. The number of anilines is 2. The molecule has 124 valence electrons. The second-order valence-electron chi connectivity index (χ2n) is 5.05. The molecule has 1 aromatic heterocycles. The van der Waals surface area contributed by atoms with Crippen LogP contribution in [0.25, 0.3) is 10.9 Å². The number of hydrogen-bond acceptors (Lipinski definition) is 5. The summed E-state index contributed by atoms with van der Waals surface area (Å²) < 4.78 is 16.1. The number of hydrogen-bond donors (Lipinski definition) is 1. The third-order valence-electron chi connectivity index (χ3n) is 3.68. The van der Waals surface area contributed by atoms with Crippen LogP contribution in [-0.4, -0.2) is 26.3 Å². The van der Waals surface area contributed by atoms with E-state index in [2.05, 4.69) is 10.3 Å². The molecule has 0 fully saturated rings. The van der Waals surface area contributed by atoms with Crippen molar-refractivity contribution in [3.63, 3.8) is 0 Å². The molecular formula is C18H17ClN2O3. The van der Waals surface area contributed by atoms with E-state index in [9.17, 15) is 0 Å². The Hall–Kier alpha value is -2.66. The zero-order chi connectivity index (χ0) is 17.1. The van der Waals surface area contributed by atoms with Crippen LogP contribution in [0, 0.1) is 0 Å². The van der Waals surface area contributed by atoms with Gasteiger partial charge in [-0.3, -0.25) is 4.98 Å². The van der Waals surface area contributed by atoms with Crippen molar-refractivity contribution in [2.24, 2.45) is 0 Å². The van der Waals surface area contributed by atoms with Crippen molar-refractivity contribution in [1.82, 2.24) is 4.98 Å². The van der Waals surface area contributed by atoms with Gasteiger partial charge in [0.2, 0.25) is 0 Å². The molecule has 0 saturated heterocycles. The molecule has 1 heterocycles. The van der Waals surface area contributed by atoms with E-state index in [4.69, 9.17) is 25.8 Å². The molecule has 0 saturated carbocycles. The SMILES string of the molecule is COc1ccc(Cl)cc1Nc1ccnc2cc(OC)c(OC)cc12. The van der Waals surface area contributed by atoms with Gasteiger partial charge >= 0.3 is 0 Å². The largest absolute Gasteiger partial charge is 0.495 e. The predicted octanol–water partition coefficient (Wildman–Crippen LogP) is 4.66. The lowest BCUT2D eigenvalue weighted by Gasteiger charge is -2.15. The van der Waals surface area contributed by atoms with E-state index in [1.54, 1.807) is 33.6 Å². The van der Waals surface area contributed by atoms with Gasteiger partial charge in [0.15, 0.2) is 11.5 Å². The van der Waals surface area contributed by atoms with Gasteiger partial charge in [-0.1, -0.05) is 11.6 Å². The van der Waals surface area contributed by atoms with E-state index in [1.807, 2.05) is 30.3 Å². The average molecular weight is 345 g/mol. The lowest BCUT2D eigenvalue weighted by Crippen LogP contribution is -1.97. The highest BCUT2D eigenvalue weighted by molar-refractivity contribution is 6.31. The molecule has 24 heavy (non-hydrogen) atoms. The van der Waals surface area contributed by atoms with Crippen LogP contribution in [0.4, 0.5) is 11.4 Å². The molecular weight excluding hydrogens is 328 g/mol. The summed E-state index contributed by atoms with van der Waals surface area (Å²) in [4.78, 5) is 4.39. The van der Waals surface area contributed by atoms with Crippen LogP contribution < -0.4 is 19.5 Å². The van der Waals surface area contributed by atoms with Crippen molar-refractivity contribution in [3.05, 3.63) is 47.6 Å². The number of fused-ring (bicyclic) bond motifs is 1. The summed E-state index contributed by atoms with van der Waals surface area (Å²) >= 11 is 6.10. The molecule has 0 spiro atoms. The van der Waals surface area contributed by atoms with Gasteiger partial charge in [-0.15, -0.1) is 0 Å². The van der Waals surface area contributed by atoms with Crippen molar-refractivity contribution in [3.8, 4) is 17.2 Å². The van der Waals surface area contributed by atoms with Gasteiger partial charge in [0.25, 0.3) is 0 Å². The number of halogens is 1. The van der Waals surface area contributed by atoms with Crippen LogP contribution >= 0.6 is 11.6 Å². The van der Waals surface area contributed by atoms with E-state index in [-0.39, 0.29) is 0 Å². The minimum absolute atomic E-state index is 0.621. The maximum atomic E-state index is 6.10. The number of aromatic nitrogens is 1. The number of nitrogens with one attached hydrogen (secondary N) is 1. The third kappa shape index (κ3) is 3.03. The monoisotopic (exact) mass is 344 g/mol. The Balaban J connectivity index is 2.12. The summed E-state index contributed by atoms with van der Waals surface area (Å²) in [5, 5.41) is 4.87. The molecule has 0 radical (unpaired) electrons. The highest BCUT2D eigenvalue weighted by atomic mass is 35.5. The van der Waals surface area contributed by atoms with Gasteiger partial charge in [-0.25, -0.2) is 0 Å². The van der Waals surface area contributed by atoms with Gasteiger partial charge in [0, 0.05) is 28.4 Å². The Morgan fingerprint density at radius 1 is 0.833 bits per heavy atom. The summed E-state index contributed by atoms with van der Waals surface area (Å²) in [7, 11) is 4.82. The Bertz CT molecular complexity index is 884. The van der Waals surface area contributed by atoms with E-state index >= 15 is 0 Å². The molecule has 0 atom stereocenters. The van der Waals surface area contributed by atoms with E-state index in [1.165, 1.54) is 0 Å². The second kappa shape index (κ2) is 6.84. The number of nitrogens with zero attached hydrogens (tertiary/aromatic N) is 1. The van der Waals surface area contributed by atoms with Gasteiger partial charge in [-0.2, -0.15) is 0 Å². The number of ether oxygens (including phenoxy) is 3. The molecule has 1 N–H and O–H groups in total. The highest BCUT2D eigenvalue weighted by Gasteiger charge is 2.11. The maximum Gasteiger partial charge on any atom is 0.162 e. The normalized spacial score (nSPS) is 10.5. The fourth-order valence-corrected chi connectivity index (χ4v) is 2.68. The molecule has 5 nitrogen and oxygen atoms in total. The number of rotatable bonds is 5.